The van der Waals surface area contributed by atoms with Crippen molar-refractivity contribution in [3.63, 3.8) is 0 Å². The van der Waals surface area contributed by atoms with Gasteiger partial charge in [0.1, 0.15) is 5.75 Å². The van der Waals surface area contributed by atoms with Crippen LogP contribution in [0, 0.1) is 0 Å². The smallest absolute Gasteiger partial charge is 0.323 e. The van der Waals surface area contributed by atoms with Gasteiger partial charge >= 0.3 is 6.03 Å². The molecule has 2 atom stereocenters. The van der Waals surface area contributed by atoms with Gasteiger partial charge in [0.25, 0.3) is 0 Å². The second-order valence-corrected chi connectivity index (χ2v) is 8.26. The van der Waals surface area contributed by atoms with Crippen molar-refractivity contribution in [2.75, 3.05) is 30.8 Å². The second kappa shape index (κ2) is 8.44. The number of benzene rings is 3. The Morgan fingerprint density at radius 3 is 2.23 bits per heavy atom. The van der Waals surface area contributed by atoms with Crippen molar-refractivity contribution in [2.24, 2.45) is 0 Å². The zero-order valence-corrected chi connectivity index (χ0v) is 17.7. The summed E-state index contributed by atoms with van der Waals surface area (Å²) in [6.45, 7) is 2.24. The third kappa shape index (κ3) is 4.01. The Kier molecular flexibility index (Phi) is 5.35. The zero-order chi connectivity index (χ0) is 21.2. The van der Waals surface area contributed by atoms with Crippen molar-refractivity contribution in [2.45, 2.75) is 24.8 Å². The number of carbonyl (C=O) groups is 1. The summed E-state index contributed by atoms with van der Waals surface area (Å²) in [6, 6.07) is 24.7. The predicted molar refractivity (Wildman–Crippen MR) is 124 cm³/mol. The van der Waals surface area contributed by atoms with Crippen molar-refractivity contribution >= 4 is 17.4 Å². The molecule has 2 N–H and O–H groups in total. The molecule has 0 spiro atoms. The van der Waals surface area contributed by atoms with Crippen LogP contribution < -0.4 is 15.4 Å². The van der Waals surface area contributed by atoms with E-state index in [1.165, 1.54) is 36.1 Å². The highest BCUT2D eigenvalue weighted by Gasteiger charge is 2.36. The van der Waals surface area contributed by atoms with E-state index in [2.05, 4.69) is 51.9 Å². The van der Waals surface area contributed by atoms with Gasteiger partial charge in [-0.3, -0.25) is 4.90 Å². The van der Waals surface area contributed by atoms with Crippen LogP contribution in [0.4, 0.5) is 16.2 Å². The van der Waals surface area contributed by atoms with Crippen molar-refractivity contribution in [3.8, 4) is 5.75 Å². The van der Waals surface area contributed by atoms with Crippen LogP contribution in [0.3, 0.4) is 0 Å². The number of methoxy groups -OCH3 is 1. The molecule has 3 aromatic carbocycles. The summed E-state index contributed by atoms with van der Waals surface area (Å²) in [5, 5.41) is 5.76. The number of hydrogen-bond donors (Lipinski definition) is 2. The normalized spacial score (nSPS) is 19.9. The van der Waals surface area contributed by atoms with Crippen molar-refractivity contribution in [1.82, 2.24) is 4.90 Å². The Labute approximate surface area is 183 Å². The monoisotopic (exact) mass is 413 g/mol. The van der Waals surface area contributed by atoms with Gasteiger partial charge in [0.2, 0.25) is 0 Å². The SMILES string of the molecule is COc1ccc(NC(=O)Nc2ccc([C@@H]3CN4CCC[C@H]4c4ccccc43)cc2)cc1. The van der Waals surface area contributed by atoms with Crippen LogP contribution in [0.2, 0.25) is 0 Å². The maximum Gasteiger partial charge on any atom is 0.323 e. The molecule has 5 rings (SSSR count). The second-order valence-electron chi connectivity index (χ2n) is 8.26. The van der Waals surface area contributed by atoms with Crippen LogP contribution in [-0.4, -0.2) is 31.1 Å². The Hall–Kier alpha value is -3.31. The molecule has 3 aromatic rings. The van der Waals surface area contributed by atoms with Crippen molar-refractivity contribution in [1.29, 1.82) is 0 Å². The largest absolute Gasteiger partial charge is 0.497 e. The first kappa shape index (κ1) is 19.6. The zero-order valence-electron chi connectivity index (χ0n) is 17.7. The van der Waals surface area contributed by atoms with E-state index in [1.807, 2.05) is 36.4 Å². The minimum atomic E-state index is -0.263. The van der Waals surface area contributed by atoms with Crippen molar-refractivity contribution < 1.29 is 9.53 Å². The molecule has 5 heteroatoms. The Morgan fingerprint density at radius 2 is 1.55 bits per heavy atom. The van der Waals surface area contributed by atoms with Crippen LogP contribution in [0.15, 0.2) is 72.8 Å². The fraction of sp³-hybridized carbons (Fsp3) is 0.269. The molecule has 2 heterocycles. The van der Waals surface area contributed by atoms with Crippen LogP contribution >= 0.6 is 0 Å². The lowest BCUT2D eigenvalue weighted by molar-refractivity contribution is 0.230. The maximum atomic E-state index is 12.4. The van der Waals surface area contributed by atoms with Gasteiger partial charge in [-0.25, -0.2) is 4.79 Å². The maximum absolute atomic E-state index is 12.4. The van der Waals surface area contributed by atoms with Crippen LogP contribution in [0.1, 0.15) is 41.5 Å². The molecule has 5 nitrogen and oxygen atoms in total. The topological polar surface area (TPSA) is 53.6 Å². The third-order valence-electron chi connectivity index (χ3n) is 6.43. The molecular weight excluding hydrogens is 386 g/mol. The van der Waals surface area contributed by atoms with Crippen molar-refractivity contribution in [3.05, 3.63) is 89.5 Å². The molecule has 0 aromatic heterocycles. The summed E-state index contributed by atoms with van der Waals surface area (Å²) in [5.41, 5.74) is 5.71. The van der Waals surface area contributed by atoms with Gasteiger partial charge in [0.05, 0.1) is 7.11 Å². The van der Waals surface area contributed by atoms with Gasteiger partial charge in [-0.2, -0.15) is 0 Å². The molecule has 1 fully saturated rings. The number of rotatable bonds is 4. The van der Waals surface area contributed by atoms with E-state index < -0.39 is 0 Å². The quantitative estimate of drug-likeness (QED) is 0.584. The molecule has 0 unspecified atom stereocenters. The molecule has 0 radical (unpaired) electrons. The molecule has 2 aliphatic heterocycles. The van der Waals surface area contributed by atoms with E-state index in [0.29, 0.717) is 17.6 Å². The highest BCUT2D eigenvalue weighted by Crippen LogP contribution is 2.44. The third-order valence-corrected chi connectivity index (χ3v) is 6.43. The molecule has 1 saturated heterocycles. The van der Waals surface area contributed by atoms with Gasteiger partial charge in [0, 0.05) is 29.9 Å². The van der Waals surface area contributed by atoms with E-state index in [4.69, 9.17) is 4.74 Å². The summed E-state index contributed by atoms with van der Waals surface area (Å²) in [5.74, 6) is 1.12. The van der Waals surface area contributed by atoms with Gasteiger partial charge in [-0.1, -0.05) is 36.4 Å². The van der Waals surface area contributed by atoms with Crippen LogP contribution in [0.5, 0.6) is 5.75 Å². The van der Waals surface area contributed by atoms with Gasteiger partial charge < -0.3 is 15.4 Å². The lowest BCUT2D eigenvalue weighted by atomic mass is 9.81. The van der Waals surface area contributed by atoms with Crippen LogP contribution in [-0.2, 0) is 0 Å². The first-order chi connectivity index (χ1) is 15.2. The molecule has 0 saturated carbocycles. The number of amides is 2. The Balaban J connectivity index is 1.29. The molecule has 2 amide bonds. The number of anilines is 2. The fourth-order valence-electron chi connectivity index (χ4n) is 4.91. The van der Waals surface area contributed by atoms with Crippen LogP contribution in [0.25, 0.3) is 0 Å². The number of hydrogen-bond acceptors (Lipinski definition) is 3. The summed E-state index contributed by atoms with van der Waals surface area (Å²) in [7, 11) is 1.62. The lowest BCUT2D eigenvalue weighted by Gasteiger charge is -2.37. The van der Waals surface area contributed by atoms with Gasteiger partial charge in [0.15, 0.2) is 0 Å². The molecule has 0 aliphatic carbocycles. The minimum absolute atomic E-state index is 0.263. The van der Waals surface area contributed by atoms with Gasteiger partial charge in [-0.15, -0.1) is 0 Å². The number of nitrogens with zero attached hydrogens (tertiary/aromatic N) is 1. The predicted octanol–water partition coefficient (Wildman–Crippen LogP) is 5.62. The van der Waals surface area contributed by atoms with E-state index >= 15 is 0 Å². The molecular formula is C26H27N3O2. The highest BCUT2D eigenvalue weighted by molar-refractivity contribution is 5.99. The Bertz CT molecular complexity index is 1060. The average Bonchev–Trinajstić information content (AvgIpc) is 3.29. The standard InChI is InChI=1S/C26H27N3O2/c1-31-21-14-12-20(13-15-21)28-26(30)27-19-10-8-18(9-11-19)24-17-29-16-4-7-25(29)23-6-3-2-5-22(23)24/h2-3,5-6,8-15,24-25H,4,7,16-17H2,1H3,(H2,27,28,30)/t24-,25-/m0/s1. The number of urea groups is 1. The van der Waals surface area contributed by atoms with E-state index in [-0.39, 0.29) is 6.03 Å². The number of carbonyl (C=O) groups excluding carboxylic acids is 1. The molecule has 158 valence electrons. The fourth-order valence-corrected chi connectivity index (χ4v) is 4.91. The van der Waals surface area contributed by atoms with Gasteiger partial charge in [-0.05, 0) is 72.5 Å². The number of fused-ring (bicyclic) bond motifs is 3. The molecule has 0 bridgehead atoms. The summed E-state index contributed by atoms with van der Waals surface area (Å²) in [4.78, 5) is 15.0. The highest BCUT2D eigenvalue weighted by atomic mass is 16.5. The lowest BCUT2D eigenvalue weighted by Crippen LogP contribution is -2.34. The van der Waals surface area contributed by atoms with E-state index in [1.54, 1.807) is 7.11 Å². The molecule has 2 aliphatic rings. The minimum Gasteiger partial charge on any atom is -0.497 e. The van der Waals surface area contributed by atoms with E-state index in [0.717, 1.165) is 18.0 Å². The number of nitrogens with one attached hydrogen (secondary N) is 2. The summed E-state index contributed by atoms with van der Waals surface area (Å²) >= 11 is 0. The average molecular weight is 414 g/mol. The summed E-state index contributed by atoms with van der Waals surface area (Å²) in [6.07, 6.45) is 2.54. The summed E-state index contributed by atoms with van der Waals surface area (Å²) < 4.78 is 5.14. The first-order valence-electron chi connectivity index (χ1n) is 10.9. The first-order valence-corrected chi connectivity index (χ1v) is 10.9. The van der Waals surface area contributed by atoms with E-state index in [9.17, 15) is 4.79 Å². The Morgan fingerprint density at radius 1 is 0.903 bits per heavy atom. The number of ether oxygens (including phenoxy) is 1. The molecule has 31 heavy (non-hydrogen) atoms.